The summed E-state index contributed by atoms with van der Waals surface area (Å²) < 4.78 is 10.6. The molecule has 0 atom stereocenters. The Morgan fingerprint density at radius 1 is 1.12 bits per heavy atom. The summed E-state index contributed by atoms with van der Waals surface area (Å²) in [5.41, 5.74) is 2.46. The Balaban J connectivity index is 2.02. The number of rotatable bonds is 7. The van der Waals surface area contributed by atoms with E-state index >= 15 is 0 Å². The van der Waals surface area contributed by atoms with Crippen molar-refractivity contribution in [1.82, 2.24) is 0 Å². The van der Waals surface area contributed by atoms with Crippen LogP contribution in [-0.2, 0) is 16.0 Å². The van der Waals surface area contributed by atoms with E-state index < -0.39 is 5.97 Å². The Hall–Kier alpha value is -2.34. The van der Waals surface area contributed by atoms with Crippen LogP contribution < -0.4 is 10.1 Å². The van der Waals surface area contributed by atoms with E-state index in [1.54, 1.807) is 6.92 Å². The topological polar surface area (TPSA) is 64.6 Å². The lowest BCUT2D eigenvalue weighted by molar-refractivity contribution is -0.118. The number of carbonyl (C=O) groups is 2. The molecule has 1 aromatic carbocycles. The van der Waals surface area contributed by atoms with E-state index in [2.05, 4.69) is 12.2 Å². The minimum atomic E-state index is -0.421. The molecule has 134 valence electrons. The number of nitrogens with one attached hydrogen (secondary N) is 1. The van der Waals surface area contributed by atoms with Crippen LogP contribution in [0.4, 0.5) is 5.00 Å². The van der Waals surface area contributed by atoms with Gasteiger partial charge in [-0.25, -0.2) is 4.79 Å². The quantitative estimate of drug-likeness (QED) is 0.754. The van der Waals surface area contributed by atoms with E-state index in [9.17, 15) is 9.59 Å². The smallest absolute Gasteiger partial charge is 0.341 e. The third-order valence-electron chi connectivity index (χ3n) is 3.82. The van der Waals surface area contributed by atoms with Gasteiger partial charge in [0.1, 0.15) is 10.8 Å². The average Bonchev–Trinajstić information content (AvgIpc) is 2.87. The Morgan fingerprint density at radius 3 is 2.40 bits per heavy atom. The number of carbonyl (C=O) groups excluding carboxylic acids is 2. The molecule has 6 heteroatoms. The van der Waals surface area contributed by atoms with Gasteiger partial charge in [-0.15, -0.1) is 11.3 Å². The van der Waals surface area contributed by atoms with Crippen molar-refractivity contribution >= 4 is 28.2 Å². The molecule has 0 fully saturated rings. The van der Waals surface area contributed by atoms with Crippen LogP contribution in [-0.4, -0.2) is 25.1 Å². The summed E-state index contributed by atoms with van der Waals surface area (Å²) in [5, 5.41) is 3.26. The fourth-order valence-corrected chi connectivity index (χ4v) is 3.36. The van der Waals surface area contributed by atoms with Crippen LogP contribution in [0.3, 0.4) is 0 Å². The second-order valence-electron chi connectivity index (χ2n) is 5.54. The zero-order chi connectivity index (χ0) is 18.4. The summed E-state index contributed by atoms with van der Waals surface area (Å²) in [6.45, 7) is 7.75. The van der Waals surface area contributed by atoms with E-state index in [1.165, 1.54) is 16.9 Å². The van der Waals surface area contributed by atoms with Crippen LogP contribution in [0.1, 0.15) is 40.2 Å². The minimum absolute atomic E-state index is 0.121. The van der Waals surface area contributed by atoms with Crippen molar-refractivity contribution in [3.63, 3.8) is 0 Å². The van der Waals surface area contributed by atoms with Crippen molar-refractivity contribution in [1.29, 1.82) is 0 Å². The van der Waals surface area contributed by atoms with E-state index in [0.29, 0.717) is 16.3 Å². The van der Waals surface area contributed by atoms with Gasteiger partial charge in [0.25, 0.3) is 5.91 Å². The van der Waals surface area contributed by atoms with Crippen LogP contribution in [0.5, 0.6) is 5.75 Å². The number of anilines is 1. The predicted octanol–water partition coefficient (Wildman–Crippen LogP) is 4.12. The molecule has 1 heterocycles. The van der Waals surface area contributed by atoms with Crippen molar-refractivity contribution in [3.05, 3.63) is 45.8 Å². The number of ether oxygens (including phenoxy) is 2. The third-order valence-corrected chi connectivity index (χ3v) is 4.94. The molecule has 2 rings (SSSR count). The van der Waals surface area contributed by atoms with Gasteiger partial charge in [-0.2, -0.15) is 0 Å². The van der Waals surface area contributed by atoms with E-state index in [-0.39, 0.29) is 19.1 Å². The van der Waals surface area contributed by atoms with Crippen LogP contribution >= 0.6 is 11.3 Å². The van der Waals surface area contributed by atoms with E-state index in [1.807, 2.05) is 38.1 Å². The van der Waals surface area contributed by atoms with Gasteiger partial charge in [0.15, 0.2) is 6.61 Å². The van der Waals surface area contributed by atoms with Gasteiger partial charge in [-0.3, -0.25) is 4.79 Å². The van der Waals surface area contributed by atoms with E-state index in [0.717, 1.165) is 16.9 Å². The first kappa shape index (κ1) is 19.0. The highest BCUT2D eigenvalue weighted by atomic mass is 32.1. The molecule has 0 saturated carbocycles. The zero-order valence-electron chi connectivity index (χ0n) is 15.0. The molecule has 1 aromatic heterocycles. The van der Waals surface area contributed by atoms with Gasteiger partial charge in [0.2, 0.25) is 0 Å². The molecule has 2 aromatic rings. The Bertz CT molecular complexity index is 750. The fourth-order valence-electron chi connectivity index (χ4n) is 2.30. The SMILES string of the molecule is CCOC(=O)c1c(NC(=O)COc2ccc(CC)cc2)sc(C)c1C. The Labute approximate surface area is 152 Å². The molecule has 1 amide bonds. The van der Waals surface area contributed by atoms with Crippen LogP contribution in [0.2, 0.25) is 0 Å². The number of benzene rings is 1. The number of hydrogen-bond acceptors (Lipinski definition) is 5. The first-order valence-corrected chi connectivity index (χ1v) is 9.06. The Kier molecular flexibility index (Phi) is 6.58. The second-order valence-corrected chi connectivity index (χ2v) is 6.77. The molecule has 25 heavy (non-hydrogen) atoms. The standard InChI is InChI=1S/C19H23NO4S/c1-5-14-7-9-15(10-8-14)24-11-16(21)20-18-17(19(22)23-6-2)12(3)13(4)25-18/h7-10H,5-6,11H2,1-4H3,(H,20,21). The van der Waals surface area contributed by atoms with Gasteiger partial charge < -0.3 is 14.8 Å². The molecular weight excluding hydrogens is 338 g/mol. The van der Waals surface area contributed by atoms with Gasteiger partial charge in [-0.1, -0.05) is 19.1 Å². The molecule has 0 aliphatic heterocycles. The number of amides is 1. The van der Waals surface area contributed by atoms with E-state index in [4.69, 9.17) is 9.47 Å². The van der Waals surface area contributed by atoms with Gasteiger partial charge in [0.05, 0.1) is 12.2 Å². The second kappa shape index (κ2) is 8.67. The van der Waals surface area contributed by atoms with Crippen molar-refractivity contribution < 1.29 is 19.1 Å². The lowest BCUT2D eigenvalue weighted by atomic mass is 10.1. The maximum atomic E-state index is 12.2. The van der Waals surface area contributed by atoms with Crippen LogP contribution in [0, 0.1) is 13.8 Å². The number of thiophene rings is 1. The maximum absolute atomic E-state index is 12.2. The summed E-state index contributed by atoms with van der Waals surface area (Å²) >= 11 is 1.36. The Morgan fingerprint density at radius 2 is 1.80 bits per heavy atom. The number of esters is 1. The summed E-state index contributed by atoms with van der Waals surface area (Å²) in [4.78, 5) is 25.3. The summed E-state index contributed by atoms with van der Waals surface area (Å²) in [6, 6.07) is 7.63. The zero-order valence-corrected chi connectivity index (χ0v) is 15.8. The molecule has 0 saturated heterocycles. The molecule has 0 bridgehead atoms. The van der Waals surface area contributed by atoms with Crippen molar-refractivity contribution in [2.45, 2.75) is 34.1 Å². The third kappa shape index (κ3) is 4.82. The molecule has 0 radical (unpaired) electrons. The lowest BCUT2D eigenvalue weighted by Gasteiger charge is -2.09. The highest BCUT2D eigenvalue weighted by molar-refractivity contribution is 7.16. The van der Waals surface area contributed by atoms with Crippen LogP contribution in [0.15, 0.2) is 24.3 Å². The predicted molar refractivity (Wildman–Crippen MR) is 99.7 cm³/mol. The van der Waals surface area contributed by atoms with Gasteiger partial charge >= 0.3 is 5.97 Å². The van der Waals surface area contributed by atoms with Crippen molar-refractivity contribution in [2.24, 2.45) is 0 Å². The summed E-state index contributed by atoms with van der Waals surface area (Å²) in [7, 11) is 0. The van der Waals surface area contributed by atoms with Crippen molar-refractivity contribution in [2.75, 3.05) is 18.5 Å². The first-order valence-electron chi connectivity index (χ1n) is 8.24. The van der Waals surface area contributed by atoms with Crippen LogP contribution in [0.25, 0.3) is 0 Å². The fraction of sp³-hybridized carbons (Fsp3) is 0.368. The summed E-state index contributed by atoms with van der Waals surface area (Å²) in [6.07, 6.45) is 0.953. The monoisotopic (exact) mass is 361 g/mol. The molecule has 0 aliphatic rings. The molecule has 0 unspecified atom stereocenters. The maximum Gasteiger partial charge on any atom is 0.341 e. The van der Waals surface area contributed by atoms with Gasteiger partial charge in [0, 0.05) is 4.88 Å². The molecule has 5 nitrogen and oxygen atoms in total. The first-order chi connectivity index (χ1) is 12.0. The lowest BCUT2D eigenvalue weighted by Crippen LogP contribution is -2.21. The highest BCUT2D eigenvalue weighted by Crippen LogP contribution is 2.33. The largest absolute Gasteiger partial charge is 0.484 e. The van der Waals surface area contributed by atoms with Gasteiger partial charge in [-0.05, 0) is 50.5 Å². The number of hydrogen-bond donors (Lipinski definition) is 1. The number of aryl methyl sites for hydroxylation is 2. The summed E-state index contributed by atoms with van der Waals surface area (Å²) in [5.74, 6) is -0.0985. The highest BCUT2D eigenvalue weighted by Gasteiger charge is 2.22. The average molecular weight is 361 g/mol. The van der Waals surface area contributed by atoms with Crippen molar-refractivity contribution in [3.8, 4) is 5.75 Å². The molecular formula is C19H23NO4S. The normalized spacial score (nSPS) is 10.4. The molecule has 1 N–H and O–H groups in total. The molecule has 0 spiro atoms. The molecule has 0 aliphatic carbocycles. The minimum Gasteiger partial charge on any atom is -0.484 e.